The lowest BCUT2D eigenvalue weighted by Gasteiger charge is -2.40. The molecule has 6 nitrogen and oxygen atoms in total. The van der Waals surface area contributed by atoms with Crippen molar-refractivity contribution in [2.75, 3.05) is 18.0 Å². The SMILES string of the molecule is Cc1cc(N2CCCC(O)(Cc3nc(C)no3)C2)c2cc(F)ccc2n1. The summed E-state index contributed by atoms with van der Waals surface area (Å²) in [6.45, 7) is 4.89. The van der Waals surface area contributed by atoms with Gasteiger partial charge in [0.2, 0.25) is 5.89 Å². The van der Waals surface area contributed by atoms with E-state index in [1.165, 1.54) is 12.1 Å². The number of piperidine rings is 1. The standard InChI is InChI=1S/C19H21FN4O2/c1-12-8-17(15-9-14(20)4-5-16(15)21-12)24-7-3-6-19(25,11-24)10-18-22-13(2)23-26-18/h4-5,8-9,25H,3,6-7,10-11H2,1-2H3. The molecule has 26 heavy (non-hydrogen) atoms. The molecule has 1 aromatic carbocycles. The fourth-order valence-corrected chi connectivity index (χ4v) is 3.73. The number of aryl methyl sites for hydroxylation is 2. The van der Waals surface area contributed by atoms with Crippen molar-refractivity contribution in [1.82, 2.24) is 15.1 Å². The van der Waals surface area contributed by atoms with Gasteiger partial charge in [-0.05, 0) is 51.0 Å². The number of hydrogen-bond acceptors (Lipinski definition) is 6. The van der Waals surface area contributed by atoms with Gasteiger partial charge in [-0.25, -0.2) is 4.39 Å². The minimum atomic E-state index is -0.964. The highest BCUT2D eigenvalue weighted by Crippen LogP contribution is 2.33. The largest absolute Gasteiger partial charge is 0.388 e. The molecule has 0 amide bonds. The third-order valence-corrected chi connectivity index (χ3v) is 4.82. The molecule has 0 radical (unpaired) electrons. The Labute approximate surface area is 150 Å². The summed E-state index contributed by atoms with van der Waals surface area (Å²) in [4.78, 5) is 10.8. The van der Waals surface area contributed by atoms with Crippen LogP contribution in [0.1, 0.15) is 30.3 Å². The van der Waals surface area contributed by atoms with Crippen molar-refractivity contribution in [2.24, 2.45) is 0 Å². The van der Waals surface area contributed by atoms with E-state index in [1.807, 2.05) is 13.0 Å². The van der Waals surface area contributed by atoms with Crippen LogP contribution >= 0.6 is 0 Å². The second-order valence-corrected chi connectivity index (χ2v) is 7.11. The Morgan fingerprint density at radius 1 is 1.27 bits per heavy atom. The van der Waals surface area contributed by atoms with Gasteiger partial charge in [-0.15, -0.1) is 0 Å². The van der Waals surface area contributed by atoms with Crippen molar-refractivity contribution in [3.05, 3.63) is 47.5 Å². The monoisotopic (exact) mass is 356 g/mol. The van der Waals surface area contributed by atoms with Gasteiger partial charge in [0.15, 0.2) is 5.82 Å². The number of anilines is 1. The molecular weight excluding hydrogens is 335 g/mol. The van der Waals surface area contributed by atoms with E-state index < -0.39 is 5.60 Å². The predicted molar refractivity (Wildman–Crippen MR) is 95.6 cm³/mol. The van der Waals surface area contributed by atoms with Crippen LogP contribution in [0.4, 0.5) is 10.1 Å². The molecule has 1 aliphatic rings. The van der Waals surface area contributed by atoms with Gasteiger partial charge in [0.25, 0.3) is 0 Å². The number of rotatable bonds is 3. The van der Waals surface area contributed by atoms with E-state index in [0.717, 1.165) is 35.2 Å². The lowest BCUT2D eigenvalue weighted by atomic mass is 9.89. The molecule has 1 atom stereocenters. The van der Waals surface area contributed by atoms with Gasteiger partial charge >= 0.3 is 0 Å². The molecule has 4 rings (SSSR count). The fraction of sp³-hybridized carbons (Fsp3) is 0.421. The van der Waals surface area contributed by atoms with Crippen molar-refractivity contribution in [2.45, 2.75) is 38.7 Å². The van der Waals surface area contributed by atoms with Gasteiger partial charge in [0.1, 0.15) is 5.82 Å². The average Bonchev–Trinajstić information content (AvgIpc) is 2.98. The zero-order valence-corrected chi connectivity index (χ0v) is 14.9. The Morgan fingerprint density at radius 3 is 2.88 bits per heavy atom. The van der Waals surface area contributed by atoms with Crippen LogP contribution in [0.3, 0.4) is 0 Å². The molecule has 3 aromatic rings. The summed E-state index contributed by atoms with van der Waals surface area (Å²) in [5.41, 5.74) is 1.55. The molecule has 136 valence electrons. The number of pyridine rings is 1. The van der Waals surface area contributed by atoms with Crippen LogP contribution in [0.15, 0.2) is 28.8 Å². The van der Waals surface area contributed by atoms with Gasteiger partial charge in [-0.2, -0.15) is 4.98 Å². The maximum absolute atomic E-state index is 13.8. The predicted octanol–water partition coefficient (Wildman–Crippen LogP) is 2.95. The van der Waals surface area contributed by atoms with Gasteiger partial charge < -0.3 is 14.5 Å². The molecule has 0 spiro atoms. The smallest absolute Gasteiger partial charge is 0.229 e. The van der Waals surface area contributed by atoms with Crippen LogP contribution in [-0.4, -0.2) is 38.9 Å². The molecule has 0 bridgehead atoms. The van der Waals surface area contributed by atoms with E-state index in [0.29, 0.717) is 31.1 Å². The minimum absolute atomic E-state index is 0.294. The first-order valence-corrected chi connectivity index (χ1v) is 8.75. The third kappa shape index (κ3) is 3.26. The van der Waals surface area contributed by atoms with Crippen LogP contribution in [0.5, 0.6) is 0 Å². The van der Waals surface area contributed by atoms with Crippen molar-refractivity contribution >= 4 is 16.6 Å². The number of hydrogen-bond donors (Lipinski definition) is 1. The maximum atomic E-state index is 13.8. The summed E-state index contributed by atoms with van der Waals surface area (Å²) in [5, 5.41) is 15.7. The number of β-amino-alcohol motifs (C(OH)–C–C–N with tert-alkyl or cyclic N) is 1. The molecular formula is C19H21FN4O2. The molecule has 3 heterocycles. The molecule has 7 heteroatoms. The highest BCUT2D eigenvalue weighted by molar-refractivity contribution is 5.92. The Balaban J connectivity index is 1.67. The minimum Gasteiger partial charge on any atom is -0.388 e. The summed E-state index contributed by atoms with van der Waals surface area (Å²) < 4.78 is 19.0. The van der Waals surface area contributed by atoms with Crippen molar-refractivity contribution in [3.8, 4) is 0 Å². The number of nitrogens with zero attached hydrogens (tertiary/aromatic N) is 4. The van der Waals surface area contributed by atoms with Gasteiger partial charge in [0, 0.05) is 29.9 Å². The topological polar surface area (TPSA) is 75.3 Å². The molecule has 0 aliphatic carbocycles. The lowest BCUT2D eigenvalue weighted by Crippen LogP contribution is -2.49. The Kier molecular flexibility index (Phi) is 4.11. The number of aromatic nitrogens is 3. The van der Waals surface area contributed by atoms with Gasteiger partial charge in [0.05, 0.1) is 17.5 Å². The van der Waals surface area contributed by atoms with E-state index in [9.17, 15) is 9.50 Å². The summed E-state index contributed by atoms with van der Waals surface area (Å²) in [7, 11) is 0. The maximum Gasteiger partial charge on any atom is 0.229 e. The Bertz CT molecular complexity index is 958. The lowest BCUT2D eigenvalue weighted by molar-refractivity contribution is 0.0194. The van der Waals surface area contributed by atoms with E-state index >= 15 is 0 Å². The second-order valence-electron chi connectivity index (χ2n) is 7.11. The van der Waals surface area contributed by atoms with E-state index in [2.05, 4.69) is 20.0 Å². The van der Waals surface area contributed by atoms with Crippen molar-refractivity contribution < 1.29 is 14.0 Å². The van der Waals surface area contributed by atoms with Gasteiger partial charge in [-0.3, -0.25) is 4.98 Å². The van der Waals surface area contributed by atoms with E-state index in [4.69, 9.17) is 4.52 Å². The zero-order chi connectivity index (χ0) is 18.3. The van der Waals surface area contributed by atoms with Crippen LogP contribution in [0, 0.1) is 19.7 Å². The number of fused-ring (bicyclic) bond motifs is 1. The molecule has 1 fully saturated rings. The second kappa shape index (κ2) is 6.32. The van der Waals surface area contributed by atoms with Crippen LogP contribution in [0.2, 0.25) is 0 Å². The highest BCUT2D eigenvalue weighted by atomic mass is 19.1. The van der Waals surface area contributed by atoms with E-state index in [-0.39, 0.29) is 5.82 Å². The normalized spacial score (nSPS) is 20.7. The average molecular weight is 356 g/mol. The summed E-state index contributed by atoms with van der Waals surface area (Å²) >= 11 is 0. The number of benzene rings is 1. The third-order valence-electron chi connectivity index (χ3n) is 4.82. The zero-order valence-electron chi connectivity index (χ0n) is 14.9. The molecule has 1 aliphatic heterocycles. The van der Waals surface area contributed by atoms with Crippen molar-refractivity contribution in [3.63, 3.8) is 0 Å². The first kappa shape index (κ1) is 16.9. The quantitative estimate of drug-likeness (QED) is 0.778. The van der Waals surface area contributed by atoms with Crippen molar-refractivity contribution in [1.29, 1.82) is 0 Å². The molecule has 1 saturated heterocycles. The molecule has 1 unspecified atom stereocenters. The van der Waals surface area contributed by atoms with E-state index in [1.54, 1.807) is 13.0 Å². The molecule has 1 N–H and O–H groups in total. The summed E-state index contributed by atoms with van der Waals surface area (Å²) in [6.07, 6.45) is 1.78. The Morgan fingerprint density at radius 2 is 2.12 bits per heavy atom. The number of halogens is 1. The highest BCUT2D eigenvalue weighted by Gasteiger charge is 2.36. The summed E-state index contributed by atoms with van der Waals surface area (Å²) in [6, 6.07) is 6.57. The Hall–Kier alpha value is -2.54. The first-order valence-electron chi connectivity index (χ1n) is 8.75. The molecule has 0 saturated carbocycles. The first-order chi connectivity index (χ1) is 12.4. The van der Waals surface area contributed by atoms with Crippen LogP contribution in [-0.2, 0) is 6.42 Å². The van der Waals surface area contributed by atoms with Crippen LogP contribution < -0.4 is 4.90 Å². The van der Waals surface area contributed by atoms with Crippen LogP contribution in [0.25, 0.3) is 10.9 Å². The fourth-order valence-electron chi connectivity index (χ4n) is 3.73. The number of aliphatic hydroxyl groups is 1. The van der Waals surface area contributed by atoms with Gasteiger partial charge in [-0.1, -0.05) is 5.16 Å². The molecule has 2 aromatic heterocycles. The summed E-state index contributed by atoms with van der Waals surface area (Å²) in [5.74, 6) is 0.703.